The number of sulfone groups is 1. The molecule has 1 aromatic rings. The minimum absolute atomic E-state index is 0.0329. The first-order valence-corrected chi connectivity index (χ1v) is 9.05. The van der Waals surface area contributed by atoms with Gasteiger partial charge in [-0.3, -0.25) is 9.48 Å². The number of carbonyl (C=O) groups is 1. The van der Waals surface area contributed by atoms with Crippen molar-refractivity contribution >= 4 is 15.7 Å². The Morgan fingerprint density at radius 3 is 2.65 bits per heavy atom. The van der Waals surface area contributed by atoms with Crippen LogP contribution < -0.4 is 0 Å². The molecule has 1 unspecified atom stereocenters. The van der Waals surface area contributed by atoms with Gasteiger partial charge in [0, 0.05) is 18.8 Å². The van der Waals surface area contributed by atoms with Crippen LogP contribution in [0.3, 0.4) is 0 Å². The van der Waals surface area contributed by atoms with Gasteiger partial charge in [0.25, 0.3) is 0 Å². The first-order valence-electron chi connectivity index (χ1n) is 7.23. The zero-order valence-electron chi connectivity index (χ0n) is 12.6. The number of carbonyl (C=O) groups excluding carboxylic acids is 1. The van der Waals surface area contributed by atoms with Gasteiger partial charge in [-0.05, 0) is 18.9 Å². The number of halogens is 3. The zero-order chi connectivity index (χ0) is 17.3. The molecule has 6 nitrogen and oxygen atoms in total. The molecule has 0 spiro atoms. The Kier molecular flexibility index (Phi) is 5.02. The topological polar surface area (TPSA) is 72.3 Å². The normalized spacial score (nSPS) is 20.6. The number of alkyl halides is 3. The molecule has 130 valence electrons. The molecule has 23 heavy (non-hydrogen) atoms. The van der Waals surface area contributed by atoms with Crippen LogP contribution in [0.4, 0.5) is 13.2 Å². The molecule has 1 amide bonds. The summed E-state index contributed by atoms with van der Waals surface area (Å²) in [7, 11) is -3.15. The van der Waals surface area contributed by atoms with Crippen LogP contribution >= 0.6 is 0 Å². The van der Waals surface area contributed by atoms with E-state index in [1.54, 1.807) is 0 Å². The lowest BCUT2D eigenvalue weighted by atomic mass is 10.2. The fourth-order valence-electron chi connectivity index (χ4n) is 2.60. The van der Waals surface area contributed by atoms with E-state index in [0.29, 0.717) is 19.4 Å². The maximum Gasteiger partial charge on any atom is 0.435 e. The third-order valence-electron chi connectivity index (χ3n) is 3.66. The highest BCUT2D eigenvalue weighted by Gasteiger charge is 2.35. The first kappa shape index (κ1) is 17.8. The van der Waals surface area contributed by atoms with E-state index in [2.05, 4.69) is 5.10 Å². The molecule has 0 radical (unpaired) electrons. The van der Waals surface area contributed by atoms with E-state index in [0.717, 1.165) is 16.9 Å². The molecule has 0 aliphatic carbocycles. The van der Waals surface area contributed by atoms with Crippen molar-refractivity contribution in [2.24, 2.45) is 0 Å². The Labute approximate surface area is 132 Å². The largest absolute Gasteiger partial charge is 0.435 e. The van der Waals surface area contributed by atoms with Crippen LogP contribution in [0, 0.1) is 0 Å². The maximum atomic E-state index is 12.5. The Bertz CT molecular complexity index is 669. The van der Waals surface area contributed by atoms with Crippen molar-refractivity contribution in [2.75, 3.05) is 18.1 Å². The van der Waals surface area contributed by atoms with Gasteiger partial charge in [0.2, 0.25) is 5.91 Å². The van der Waals surface area contributed by atoms with Gasteiger partial charge in [-0.1, -0.05) is 6.92 Å². The predicted octanol–water partition coefficient (Wildman–Crippen LogP) is 1.33. The van der Waals surface area contributed by atoms with Gasteiger partial charge in [-0.2, -0.15) is 18.3 Å². The summed E-state index contributed by atoms with van der Waals surface area (Å²) in [6, 6.07) is 0.391. The van der Waals surface area contributed by atoms with E-state index in [1.165, 1.54) is 4.90 Å². The third kappa shape index (κ3) is 4.46. The van der Waals surface area contributed by atoms with E-state index in [-0.39, 0.29) is 18.1 Å². The van der Waals surface area contributed by atoms with Crippen molar-refractivity contribution < 1.29 is 26.4 Å². The Morgan fingerprint density at radius 2 is 2.17 bits per heavy atom. The fraction of sp³-hybridized carbons (Fsp3) is 0.692. The van der Waals surface area contributed by atoms with Crippen LogP contribution in [0.2, 0.25) is 0 Å². The van der Waals surface area contributed by atoms with Gasteiger partial charge in [0.15, 0.2) is 15.5 Å². The van der Waals surface area contributed by atoms with Gasteiger partial charge in [0.1, 0.15) is 6.54 Å². The molecule has 1 aliphatic heterocycles. The Morgan fingerprint density at radius 1 is 1.48 bits per heavy atom. The highest BCUT2D eigenvalue weighted by molar-refractivity contribution is 7.91. The van der Waals surface area contributed by atoms with Gasteiger partial charge in [-0.15, -0.1) is 0 Å². The van der Waals surface area contributed by atoms with Crippen molar-refractivity contribution in [1.82, 2.24) is 14.7 Å². The quantitative estimate of drug-likeness (QED) is 0.801. The summed E-state index contributed by atoms with van der Waals surface area (Å²) < 4.78 is 61.6. The third-order valence-corrected chi connectivity index (χ3v) is 5.41. The molecular weight excluding hydrogens is 335 g/mol. The highest BCUT2D eigenvalue weighted by atomic mass is 32.2. The smallest absolute Gasteiger partial charge is 0.337 e. The molecule has 0 aromatic carbocycles. The van der Waals surface area contributed by atoms with Gasteiger partial charge in [0.05, 0.1) is 11.5 Å². The fourth-order valence-corrected chi connectivity index (χ4v) is 4.33. The minimum atomic E-state index is -4.56. The average molecular weight is 353 g/mol. The number of aromatic nitrogens is 2. The second kappa shape index (κ2) is 6.50. The lowest BCUT2D eigenvalue weighted by Crippen LogP contribution is -2.43. The second-order valence-electron chi connectivity index (χ2n) is 5.54. The molecule has 2 heterocycles. The molecule has 0 bridgehead atoms. The summed E-state index contributed by atoms with van der Waals surface area (Å²) in [5.74, 6) is -0.484. The first-order chi connectivity index (χ1) is 10.6. The molecule has 10 heteroatoms. The molecule has 0 saturated carbocycles. The monoisotopic (exact) mass is 353 g/mol. The Balaban J connectivity index is 2.08. The van der Waals surface area contributed by atoms with Crippen molar-refractivity contribution in [2.45, 2.75) is 38.5 Å². The van der Waals surface area contributed by atoms with Crippen molar-refractivity contribution in [3.63, 3.8) is 0 Å². The molecule has 1 aliphatic rings. The number of nitrogens with zero attached hydrogens (tertiary/aromatic N) is 3. The lowest BCUT2D eigenvalue weighted by Gasteiger charge is -2.27. The highest BCUT2D eigenvalue weighted by Crippen LogP contribution is 2.27. The molecule has 2 rings (SSSR count). The molecule has 1 atom stereocenters. The summed E-state index contributed by atoms with van der Waals surface area (Å²) in [6.45, 7) is 1.87. The summed E-state index contributed by atoms with van der Waals surface area (Å²) >= 11 is 0. The standard InChI is InChI=1S/C13H18F3N3O3S/c1-2-5-19(10-4-7-23(21,22)9-10)12(20)8-18-6-3-11(17-18)13(14,15)16/h3,6,10H,2,4-5,7-9H2,1H3. The summed E-state index contributed by atoms with van der Waals surface area (Å²) in [5, 5.41) is 3.35. The van der Waals surface area contributed by atoms with E-state index >= 15 is 0 Å². The SMILES string of the molecule is CCCN(C(=O)Cn1ccc(C(F)(F)F)n1)C1CCS(=O)(=O)C1. The summed E-state index contributed by atoms with van der Waals surface area (Å²) in [6.07, 6.45) is -2.47. The van der Waals surface area contributed by atoms with E-state index in [4.69, 9.17) is 0 Å². The predicted molar refractivity (Wildman–Crippen MR) is 76.3 cm³/mol. The Hall–Kier alpha value is -1.58. The van der Waals surface area contributed by atoms with Gasteiger partial charge >= 0.3 is 6.18 Å². The number of hydrogen-bond donors (Lipinski definition) is 0. The average Bonchev–Trinajstić information content (AvgIpc) is 3.02. The molecule has 0 N–H and O–H groups in total. The maximum absolute atomic E-state index is 12.5. The molecule has 1 fully saturated rings. The van der Waals surface area contributed by atoms with Crippen LogP contribution in [-0.4, -0.2) is 53.1 Å². The van der Waals surface area contributed by atoms with Crippen LogP contribution in [0.5, 0.6) is 0 Å². The van der Waals surface area contributed by atoms with Crippen molar-refractivity contribution in [3.8, 4) is 0 Å². The van der Waals surface area contributed by atoms with Crippen molar-refractivity contribution in [1.29, 1.82) is 0 Å². The van der Waals surface area contributed by atoms with Crippen LogP contribution in [-0.2, 0) is 27.4 Å². The number of amides is 1. The molecular formula is C13H18F3N3O3S. The second-order valence-corrected chi connectivity index (χ2v) is 7.77. The summed E-state index contributed by atoms with van der Waals surface area (Å²) in [4.78, 5) is 13.8. The number of hydrogen-bond acceptors (Lipinski definition) is 4. The minimum Gasteiger partial charge on any atom is -0.337 e. The van der Waals surface area contributed by atoms with Crippen LogP contribution in [0.1, 0.15) is 25.5 Å². The van der Waals surface area contributed by atoms with E-state index in [9.17, 15) is 26.4 Å². The van der Waals surface area contributed by atoms with E-state index < -0.39 is 33.7 Å². The number of rotatable bonds is 5. The van der Waals surface area contributed by atoms with Crippen molar-refractivity contribution in [3.05, 3.63) is 18.0 Å². The zero-order valence-corrected chi connectivity index (χ0v) is 13.4. The molecule has 1 aromatic heterocycles. The van der Waals surface area contributed by atoms with E-state index in [1.807, 2.05) is 6.92 Å². The summed E-state index contributed by atoms with van der Waals surface area (Å²) in [5.41, 5.74) is -1.06. The lowest BCUT2D eigenvalue weighted by molar-refractivity contribution is -0.142. The van der Waals surface area contributed by atoms with Gasteiger partial charge in [-0.25, -0.2) is 8.42 Å². The van der Waals surface area contributed by atoms with Crippen LogP contribution in [0.25, 0.3) is 0 Å². The molecule has 1 saturated heterocycles. The van der Waals surface area contributed by atoms with Crippen LogP contribution in [0.15, 0.2) is 12.3 Å². The van der Waals surface area contributed by atoms with Gasteiger partial charge < -0.3 is 4.90 Å².